The van der Waals surface area contributed by atoms with Crippen molar-refractivity contribution in [1.82, 2.24) is 0 Å². The van der Waals surface area contributed by atoms with Crippen LogP contribution in [0, 0.1) is 0 Å². The van der Waals surface area contributed by atoms with Crippen LogP contribution < -0.4 is 10.5 Å². The highest BCUT2D eigenvalue weighted by molar-refractivity contribution is 8.13. The minimum absolute atomic E-state index is 0.267. The van der Waals surface area contributed by atoms with Gasteiger partial charge < -0.3 is 10.5 Å². The maximum absolute atomic E-state index is 5.91. The summed E-state index contributed by atoms with van der Waals surface area (Å²) in [4.78, 5) is 0. The SMILES string of the molecule is CC1(C)C=Cc2cc(C=NN=C(N)SCc3ccccc3)ccc2O1. The normalized spacial score (nSPS) is 15.8. The molecule has 128 valence electrons. The third-order valence-corrected chi connectivity index (χ3v) is 4.52. The highest BCUT2D eigenvalue weighted by atomic mass is 32.2. The number of hydrogen-bond donors (Lipinski definition) is 1. The summed E-state index contributed by atoms with van der Waals surface area (Å²) in [7, 11) is 0. The van der Waals surface area contributed by atoms with Gasteiger partial charge in [0.05, 0.1) is 6.21 Å². The third kappa shape index (κ3) is 4.97. The Balaban J connectivity index is 1.60. The average molecular weight is 351 g/mol. The van der Waals surface area contributed by atoms with E-state index in [1.165, 1.54) is 17.3 Å². The maximum atomic E-state index is 5.91. The van der Waals surface area contributed by atoms with Gasteiger partial charge in [-0.15, -0.1) is 5.10 Å². The second kappa shape index (κ2) is 7.57. The van der Waals surface area contributed by atoms with Gasteiger partial charge in [-0.1, -0.05) is 48.2 Å². The first-order chi connectivity index (χ1) is 12.0. The van der Waals surface area contributed by atoms with E-state index in [9.17, 15) is 0 Å². The van der Waals surface area contributed by atoms with Gasteiger partial charge in [-0.2, -0.15) is 5.10 Å². The van der Waals surface area contributed by atoms with E-state index in [0.29, 0.717) is 5.17 Å². The number of nitrogens with two attached hydrogens (primary N) is 1. The molecule has 0 fully saturated rings. The molecule has 0 saturated carbocycles. The van der Waals surface area contributed by atoms with Crippen molar-refractivity contribution in [3.8, 4) is 5.75 Å². The van der Waals surface area contributed by atoms with Crippen LogP contribution in [0.25, 0.3) is 6.08 Å². The fourth-order valence-electron chi connectivity index (χ4n) is 2.39. The summed E-state index contributed by atoms with van der Waals surface area (Å²) in [5, 5.41) is 8.58. The van der Waals surface area contributed by atoms with Crippen molar-refractivity contribution < 1.29 is 4.74 Å². The zero-order valence-corrected chi connectivity index (χ0v) is 15.2. The van der Waals surface area contributed by atoms with E-state index >= 15 is 0 Å². The number of rotatable bonds is 4. The number of amidine groups is 1. The lowest BCUT2D eigenvalue weighted by Gasteiger charge is -2.27. The molecular weight excluding hydrogens is 330 g/mol. The second-order valence-electron chi connectivity index (χ2n) is 6.29. The summed E-state index contributed by atoms with van der Waals surface area (Å²) in [5.41, 5.74) is 8.83. The van der Waals surface area contributed by atoms with E-state index in [1.54, 1.807) is 6.21 Å². The molecule has 1 aliphatic rings. The molecule has 3 rings (SSSR count). The van der Waals surface area contributed by atoms with Crippen LogP contribution in [0.2, 0.25) is 0 Å². The first-order valence-electron chi connectivity index (χ1n) is 8.07. The number of ether oxygens (including phenoxy) is 1. The van der Waals surface area contributed by atoms with E-state index in [2.05, 4.69) is 28.4 Å². The summed E-state index contributed by atoms with van der Waals surface area (Å²) >= 11 is 1.47. The Kier molecular flexibility index (Phi) is 5.24. The molecule has 0 spiro atoms. The van der Waals surface area contributed by atoms with E-state index in [1.807, 2.05) is 56.3 Å². The summed E-state index contributed by atoms with van der Waals surface area (Å²) < 4.78 is 5.91. The number of thioether (sulfide) groups is 1. The van der Waals surface area contributed by atoms with Crippen LogP contribution in [0.4, 0.5) is 0 Å². The molecule has 0 saturated heterocycles. The molecule has 0 aliphatic carbocycles. The lowest BCUT2D eigenvalue weighted by Crippen LogP contribution is -2.27. The maximum Gasteiger partial charge on any atom is 0.180 e. The van der Waals surface area contributed by atoms with Gasteiger partial charge in [-0.25, -0.2) is 0 Å². The summed E-state index contributed by atoms with van der Waals surface area (Å²) in [6.07, 6.45) is 5.82. The zero-order valence-electron chi connectivity index (χ0n) is 14.3. The van der Waals surface area contributed by atoms with Crippen molar-refractivity contribution >= 4 is 29.2 Å². The van der Waals surface area contributed by atoms with E-state index in [4.69, 9.17) is 10.5 Å². The minimum atomic E-state index is -0.267. The molecule has 5 heteroatoms. The fourth-order valence-corrected chi connectivity index (χ4v) is 3.00. The lowest BCUT2D eigenvalue weighted by atomic mass is 10.0. The monoisotopic (exact) mass is 351 g/mol. The molecule has 1 heterocycles. The van der Waals surface area contributed by atoms with Gasteiger partial charge in [-0.3, -0.25) is 0 Å². The van der Waals surface area contributed by atoms with Crippen molar-refractivity contribution in [2.24, 2.45) is 15.9 Å². The molecule has 2 aromatic rings. The minimum Gasteiger partial charge on any atom is -0.483 e. The van der Waals surface area contributed by atoms with Crippen LogP contribution in [0.5, 0.6) is 5.75 Å². The highest BCUT2D eigenvalue weighted by Crippen LogP contribution is 2.31. The van der Waals surface area contributed by atoms with Crippen molar-refractivity contribution in [2.45, 2.75) is 25.2 Å². The molecule has 25 heavy (non-hydrogen) atoms. The Bertz CT molecular complexity index is 826. The first kappa shape index (κ1) is 17.3. The molecule has 0 aromatic heterocycles. The first-order valence-corrected chi connectivity index (χ1v) is 9.06. The summed E-state index contributed by atoms with van der Waals surface area (Å²) in [6.45, 7) is 4.07. The average Bonchev–Trinajstić information content (AvgIpc) is 2.60. The number of fused-ring (bicyclic) bond motifs is 1. The molecule has 2 aromatic carbocycles. The summed E-state index contributed by atoms with van der Waals surface area (Å²) in [5.74, 6) is 1.66. The third-order valence-electron chi connectivity index (χ3n) is 3.66. The van der Waals surface area contributed by atoms with Gasteiger partial charge in [0.15, 0.2) is 5.17 Å². The molecule has 2 N–H and O–H groups in total. The van der Waals surface area contributed by atoms with Crippen molar-refractivity contribution in [2.75, 3.05) is 0 Å². The van der Waals surface area contributed by atoms with Crippen LogP contribution in [0.1, 0.15) is 30.5 Å². The Labute approximate surface area is 152 Å². The molecular formula is C20H21N3OS. The molecule has 0 amide bonds. The lowest BCUT2D eigenvalue weighted by molar-refractivity contribution is 0.159. The van der Waals surface area contributed by atoms with Crippen LogP contribution in [-0.4, -0.2) is 17.0 Å². The molecule has 0 bridgehead atoms. The number of nitrogens with zero attached hydrogens (tertiary/aromatic N) is 2. The van der Waals surface area contributed by atoms with E-state index < -0.39 is 0 Å². The van der Waals surface area contributed by atoms with Crippen LogP contribution >= 0.6 is 11.8 Å². The number of benzene rings is 2. The van der Waals surface area contributed by atoms with Crippen molar-refractivity contribution in [3.63, 3.8) is 0 Å². The highest BCUT2D eigenvalue weighted by Gasteiger charge is 2.21. The van der Waals surface area contributed by atoms with E-state index in [-0.39, 0.29) is 5.60 Å². The van der Waals surface area contributed by atoms with Gasteiger partial charge >= 0.3 is 0 Å². The van der Waals surface area contributed by atoms with Gasteiger partial charge in [0, 0.05) is 11.3 Å². The Morgan fingerprint density at radius 1 is 1.20 bits per heavy atom. The van der Waals surface area contributed by atoms with Crippen LogP contribution in [0.15, 0.2) is 64.8 Å². The van der Waals surface area contributed by atoms with Crippen LogP contribution in [0.3, 0.4) is 0 Å². The number of hydrogen-bond acceptors (Lipinski definition) is 4. The molecule has 4 nitrogen and oxygen atoms in total. The zero-order chi connectivity index (χ0) is 17.7. The predicted octanol–water partition coefficient (Wildman–Crippen LogP) is 4.45. The van der Waals surface area contributed by atoms with Gasteiger partial charge in [0.25, 0.3) is 0 Å². The Hall–Kier alpha value is -2.53. The molecule has 1 aliphatic heterocycles. The topological polar surface area (TPSA) is 60.0 Å². The molecule has 0 radical (unpaired) electrons. The smallest absolute Gasteiger partial charge is 0.180 e. The van der Waals surface area contributed by atoms with E-state index in [0.717, 1.165) is 22.6 Å². The largest absolute Gasteiger partial charge is 0.483 e. The quantitative estimate of drug-likeness (QED) is 0.503. The second-order valence-corrected chi connectivity index (χ2v) is 7.29. The van der Waals surface area contributed by atoms with Crippen molar-refractivity contribution in [3.05, 3.63) is 71.3 Å². The van der Waals surface area contributed by atoms with Gasteiger partial charge in [-0.05, 0) is 49.2 Å². The Morgan fingerprint density at radius 2 is 2.00 bits per heavy atom. The molecule has 0 unspecified atom stereocenters. The predicted molar refractivity (Wildman–Crippen MR) is 107 cm³/mol. The molecule has 0 atom stereocenters. The standard InChI is InChI=1S/C20H21N3OS/c1-20(2)11-10-17-12-16(8-9-18(17)24-20)13-22-23-19(21)25-14-15-6-4-3-5-7-15/h3-13H,14H2,1-2H3,(H2,21,23). The fraction of sp³-hybridized carbons (Fsp3) is 0.200. The van der Waals surface area contributed by atoms with Gasteiger partial charge in [0.2, 0.25) is 0 Å². The van der Waals surface area contributed by atoms with Crippen molar-refractivity contribution in [1.29, 1.82) is 0 Å². The Morgan fingerprint density at radius 3 is 2.80 bits per heavy atom. The van der Waals surface area contributed by atoms with Gasteiger partial charge in [0.1, 0.15) is 11.4 Å². The van der Waals surface area contributed by atoms with Crippen LogP contribution in [-0.2, 0) is 5.75 Å². The summed E-state index contributed by atoms with van der Waals surface area (Å²) in [6, 6.07) is 16.1.